The number of hydrogen-bond acceptors (Lipinski definition) is 4. The number of nitrogens with one attached hydrogen (secondary N) is 1. The second-order valence-corrected chi connectivity index (χ2v) is 4.35. The smallest absolute Gasteiger partial charge is 0.222 e. The minimum atomic E-state index is 0.370. The molecule has 3 rings (SSSR count). The third-order valence-corrected chi connectivity index (χ3v) is 3.06. The van der Waals surface area contributed by atoms with Gasteiger partial charge in [0.05, 0.1) is 0 Å². The van der Waals surface area contributed by atoms with Crippen LogP contribution in [0.4, 0.5) is 11.6 Å². The number of nitrogens with two attached hydrogens (primary N) is 1. The van der Waals surface area contributed by atoms with Gasteiger partial charge in [0.25, 0.3) is 0 Å². The summed E-state index contributed by atoms with van der Waals surface area (Å²) >= 11 is 0. The summed E-state index contributed by atoms with van der Waals surface area (Å²) in [4.78, 5) is 8.35. The Balaban J connectivity index is 1.74. The third-order valence-electron chi connectivity index (χ3n) is 3.06. The first kappa shape index (κ1) is 10.1. The van der Waals surface area contributed by atoms with E-state index in [1.165, 1.54) is 11.1 Å². The quantitative estimate of drug-likeness (QED) is 0.764. The predicted molar refractivity (Wildman–Crippen MR) is 67.7 cm³/mol. The van der Waals surface area contributed by atoms with E-state index < -0.39 is 0 Å². The van der Waals surface area contributed by atoms with E-state index in [1.807, 2.05) is 12.1 Å². The summed E-state index contributed by atoms with van der Waals surface area (Å²) in [6.07, 6.45) is 5.48. The van der Waals surface area contributed by atoms with Crippen LogP contribution >= 0.6 is 0 Å². The van der Waals surface area contributed by atoms with Crippen LogP contribution in [0.1, 0.15) is 11.1 Å². The SMILES string of the molecule is Nc1ccc2c(c1)CC(Nc1ncccn1)C2. The normalized spacial score (nSPS) is 17.8. The van der Waals surface area contributed by atoms with Crippen molar-refractivity contribution in [2.45, 2.75) is 18.9 Å². The average molecular weight is 226 g/mol. The third kappa shape index (κ3) is 2.06. The number of anilines is 2. The van der Waals surface area contributed by atoms with E-state index in [1.54, 1.807) is 12.4 Å². The van der Waals surface area contributed by atoms with Gasteiger partial charge in [0.2, 0.25) is 5.95 Å². The van der Waals surface area contributed by atoms with Gasteiger partial charge >= 0.3 is 0 Å². The molecule has 86 valence electrons. The molecule has 1 unspecified atom stereocenters. The highest BCUT2D eigenvalue weighted by molar-refractivity contribution is 5.48. The summed E-state index contributed by atoms with van der Waals surface area (Å²) in [5, 5.41) is 3.34. The number of nitrogen functional groups attached to an aromatic ring is 1. The highest BCUT2D eigenvalue weighted by atomic mass is 15.1. The first-order valence-electron chi connectivity index (χ1n) is 5.72. The van der Waals surface area contributed by atoms with Crippen LogP contribution in [-0.4, -0.2) is 16.0 Å². The number of rotatable bonds is 2. The summed E-state index contributed by atoms with van der Waals surface area (Å²) in [5.41, 5.74) is 9.32. The molecule has 4 heteroatoms. The molecule has 1 aromatic heterocycles. The van der Waals surface area contributed by atoms with Crippen molar-refractivity contribution in [3.63, 3.8) is 0 Å². The number of fused-ring (bicyclic) bond motifs is 1. The Hall–Kier alpha value is -2.10. The van der Waals surface area contributed by atoms with Gasteiger partial charge in [0.1, 0.15) is 0 Å². The zero-order chi connectivity index (χ0) is 11.7. The number of benzene rings is 1. The van der Waals surface area contributed by atoms with Gasteiger partial charge in [-0.05, 0) is 42.2 Å². The predicted octanol–water partition coefficient (Wildman–Crippen LogP) is 1.64. The summed E-state index contributed by atoms with van der Waals surface area (Å²) < 4.78 is 0. The van der Waals surface area contributed by atoms with Crippen LogP contribution in [0.2, 0.25) is 0 Å². The molecule has 4 nitrogen and oxygen atoms in total. The summed E-state index contributed by atoms with van der Waals surface area (Å²) in [6.45, 7) is 0. The topological polar surface area (TPSA) is 63.8 Å². The van der Waals surface area contributed by atoms with Crippen LogP contribution in [0.15, 0.2) is 36.7 Å². The van der Waals surface area contributed by atoms with E-state index in [4.69, 9.17) is 5.73 Å². The molecule has 1 aliphatic carbocycles. The Morgan fingerprint density at radius 3 is 2.71 bits per heavy atom. The van der Waals surface area contributed by atoms with Crippen molar-refractivity contribution in [3.05, 3.63) is 47.8 Å². The van der Waals surface area contributed by atoms with E-state index in [0.29, 0.717) is 12.0 Å². The van der Waals surface area contributed by atoms with Crippen LogP contribution in [0.5, 0.6) is 0 Å². The summed E-state index contributed by atoms with van der Waals surface area (Å²) in [5.74, 6) is 0.693. The van der Waals surface area contributed by atoms with Crippen LogP contribution in [0.3, 0.4) is 0 Å². The molecule has 1 aromatic carbocycles. The largest absolute Gasteiger partial charge is 0.399 e. The summed E-state index contributed by atoms with van der Waals surface area (Å²) in [6, 6.07) is 8.31. The number of hydrogen-bond donors (Lipinski definition) is 2. The Kier molecular flexibility index (Phi) is 2.40. The molecule has 1 aliphatic rings. The maximum Gasteiger partial charge on any atom is 0.222 e. The molecule has 1 heterocycles. The molecule has 0 spiro atoms. The molecule has 2 aromatic rings. The molecule has 0 aliphatic heterocycles. The lowest BCUT2D eigenvalue weighted by Gasteiger charge is -2.10. The Bertz CT molecular complexity index is 524. The van der Waals surface area contributed by atoms with Gasteiger partial charge < -0.3 is 11.1 Å². The van der Waals surface area contributed by atoms with E-state index in [2.05, 4.69) is 27.4 Å². The average Bonchev–Trinajstić information content (AvgIpc) is 2.71. The van der Waals surface area contributed by atoms with Crippen molar-refractivity contribution in [1.82, 2.24) is 9.97 Å². The van der Waals surface area contributed by atoms with Crippen molar-refractivity contribution in [3.8, 4) is 0 Å². The van der Waals surface area contributed by atoms with Gasteiger partial charge in [-0.25, -0.2) is 9.97 Å². The molecule has 0 saturated heterocycles. The Labute approximate surface area is 99.9 Å². The Morgan fingerprint density at radius 2 is 1.88 bits per heavy atom. The highest BCUT2D eigenvalue weighted by Crippen LogP contribution is 2.25. The fourth-order valence-corrected chi connectivity index (χ4v) is 2.30. The van der Waals surface area contributed by atoms with E-state index >= 15 is 0 Å². The molecule has 0 fully saturated rings. The van der Waals surface area contributed by atoms with Gasteiger partial charge in [0, 0.05) is 24.1 Å². The van der Waals surface area contributed by atoms with Gasteiger partial charge in [-0.2, -0.15) is 0 Å². The standard InChI is InChI=1S/C13H14N4/c14-11-3-2-9-7-12(8-10(9)6-11)17-13-15-4-1-5-16-13/h1-6,12H,7-8,14H2,(H,15,16,17). The number of nitrogens with zero attached hydrogens (tertiary/aromatic N) is 2. The second-order valence-electron chi connectivity index (χ2n) is 4.35. The van der Waals surface area contributed by atoms with E-state index in [-0.39, 0.29) is 0 Å². The molecule has 0 saturated carbocycles. The highest BCUT2D eigenvalue weighted by Gasteiger charge is 2.21. The molecule has 3 N–H and O–H groups in total. The van der Waals surface area contributed by atoms with Gasteiger partial charge in [-0.15, -0.1) is 0 Å². The van der Waals surface area contributed by atoms with Crippen molar-refractivity contribution in [2.75, 3.05) is 11.1 Å². The monoisotopic (exact) mass is 226 g/mol. The molecule has 0 radical (unpaired) electrons. The zero-order valence-electron chi connectivity index (χ0n) is 9.43. The lowest BCUT2D eigenvalue weighted by molar-refractivity contribution is 0.761. The first-order valence-corrected chi connectivity index (χ1v) is 5.72. The van der Waals surface area contributed by atoms with Crippen molar-refractivity contribution in [1.29, 1.82) is 0 Å². The molecule has 17 heavy (non-hydrogen) atoms. The lowest BCUT2D eigenvalue weighted by atomic mass is 10.1. The van der Waals surface area contributed by atoms with Gasteiger partial charge in [-0.3, -0.25) is 0 Å². The minimum absolute atomic E-state index is 0.370. The van der Waals surface area contributed by atoms with Crippen molar-refractivity contribution in [2.24, 2.45) is 0 Å². The minimum Gasteiger partial charge on any atom is -0.399 e. The molecular formula is C13H14N4. The van der Waals surface area contributed by atoms with Gasteiger partial charge in [-0.1, -0.05) is 6.07 Å². The van der Waals surface area contributed by atoms with Crippen LogP contribution < -0.4 is 11.1 Å². The molecular weight excluding hydrogens is 212 g/mol. The Morgan fingerprint density at radius 1 is 1.12 bits per heavy atom. The second kappa shape index (κ2) is 4.05. The lowest BCUT2D eigenvalue weighted by Crippen LogP contribution is -2.20. The fraction of sp³-hybridized carbons (Fsp3) is 0.231. The maximum atomic E-state index is 5.78. The molecule has 1 atom stereocenters. The number of aromatic nitrogens is 2. The van der Waals surface area contributed by atoms with E-state index in [9.17, 15) is 0 Å². The summed E-state index contributed by atoms with van der Waals surface area (Å²) in [7, 11) is 0. The first-order chi connectivity index (χ1) is 8.31. The van der Waals surface area contributed by atoms with Crippen LogP contribution in [0, 0.1) is 0 Å². The zero-order valence-corrected chi connectivity index (χ0v) is 9.43. The van der Waals surface area contributed by atoms with E-state index in [0.717, 1.165) is 18.5 Å². The van der Waals surface area contributed by atoms with Crippen molar-refractivity contribution >= 4 is 11.6 Å². The van der Waals surface area contributed by atoms with Crippen LogP contribution in [-0.2, 0) is 12.8 Å². The maximum absolute atomic E-state index is 5.78. The molecule has 0 amide bonds. The van der Waals surface area contributed by atoms with Gasteiger partial charge in [0.15, 0.2) is 0 Å². The molecule has 0 bridgehead atoms. The fourth-order valence-electron chi connectivity index (χ4n) is 2.30. The van der Waals surface area contributed by atoms with Crippen molar-refractivity contribution < 1.29 is 0 Å². The van der Waals surface area contributed by atoms with Crippen LogP contribution in [0.25, 0.3) is 0 Å².